The van der Waals surface area contributed by atoms with Gasteiger partial charge >= 0.3 is 0 Å². The third-order valence-electron chi connectivity index (χ3n) is 5.86. The van der Waals surface area contributed by atoms with Gasteiger partial charge in [0.2, 0.25) is 0 Å². The number of hydrogen-bond donors (Lipinski definition) is 1. The van der Waals surface area contributed by atoms with E-state index in [1.54, 1.807) is 24.4 Å². The van der Waals surface area contributed by atoms with E-state index in [-0.39, 0.29) is 5.91 Å². The van der Waals surface area contributed by atoms with Crippen LogP contribution in [0.2, 0.25) is 10.0 Å². The number of nitrogens with two attached hydrogens (primary N) is 1. The fraction of sp³-hybridized carbons (Fsp3) is 0.292. The summed E-state index contributed by atoms with van der Waals surface area (Å²) in [7, 11) is 2.09. The number of anilines is 1. The number of hydrogen-bond acceptors (Lipinski definition) is 5. The van der Waals surface area contributed by atoms with Gasteiger partial charge in [-0.1, -0.05) is 35.3 Å². The summed E-state index contributed by atoms with van der Waals surface area (Å²) in [6.45, 7) is 2.12. The molecule has 166 valence electrons. The van der Waals surface area contributed by atoms with E-state index in [4.69, 9.17) is 28.9 Å². The number of likely N-dealkylation sites (tertiary alicyclic amines) is 1. The average Bonchev–Trinajstić information content (AvgIpc) is 2.81. The van der Waals surface area contributed by atoms with Crippen molar-refractivity contribution in [3.05, 3.63) is 76.2 Å². The molecule has 0 spiro atoms. The fourth-order valence-corrected chi connectivity index (χ4v) is 4.24. The van der Waals surface area contributed by atoms with E-state index in [0.29, 0.717) is 41.3 Å². The van der Waals surface area contributed by atoms with Crippen molar-refractivity contribution in [2.45, 2.75) is 25.4 Å². The predicted molar refractivity (Wildman–Crippen MR) is 129 cm³/mol. The lowest BCUT2D eigenvalue weighted by atomic mass is 10.0. The maximum absolute atomic E-state index is 12.8. The maximum Gasteiger partial charge on any atom is 0.253 e. The van der Waals surface area contributed by atoms with Crippen molar-refractivity contribution in [3.8, 4) is 11.3 Å². The lowest BCUT2D eigenvalue weighted by Crippen LogP contribution is -2.45. The number of piperidine rings is 1. The van der Waals surface area contributed by atoms with Crippen LogP contribution in [-0.2, 0) is 6.54 Å². The first-order chi connectivity index (χ1) is 15.4. The lowest BCUT2D eigenvalue weighted by Gasteiger charge is -2.36. The normalized spacial score (nSPS) is 14.7. The Labute approximate surface area is 198 Å². The molecule has 0 atom stereocenters. The Kier molecular flexibility index (Phi) is 6.94. The van der Waals surface area contributed by atoms with Crippen LogP contribution in [0.4, 0.5) is 5.69 Å². The lowest BCUT2D eigenvalue weighted by molar-refractivity contribution is 0.0638. The highest BCUT2D eigenvalue weighted by Gasteiger charge is 2.26. The Morgan fingerprint density at radius 2 is 1.78 bits per heavy atom. The average molecular weight is 470 g/mol. The molecule has 2 N–H and O–H groups in total. The van der Waals surface area contributed by atoms with Crippen LogP contribution in [-0.4, -0.2) is 51.9 Å². The molecule has 0 saturated carbocycles. The Morgan fingerprint density at radius 1 is 1.06 bits per heavy atom. The van der Waals surface area contributed by atoms with Crippen LogP contribution in [0.3, 0.4) is 0 Å². The molecule has 1 aromatic heterocycles. The third-order valence-corrected chi connectivity index (χ3v) is 6.60. The third kappa shape index (κ3) is 5.21. The van der Waals surface area contributed by atoms with Crippen LogP contribution in [0.15, 0.2) is 54.9 Å². The number of nitrogens with zero attached hydrogens (tertiary/aromatic N) is 4. The Hall–Kier alpha value is -2.67. The number of nitrogen functional groups attached to an aromatic ring is 1. The number of rotatable bonds is 5. The van der Waals surface area contributed by atoms with E-state index < -0.39 is 0 Å². The van der Waals surface area contributed by atoms with Crippen LogP contribution in [0.25, 0.3) is 11.3 Å². The minimum Gasteiger partial charge on any atom is -0.399 e. The first-order valence-corrected chi connectivity index (χ1v) is 11.3. The molecule has 6 nitrogen and oxygen atoms in total. The summed E-state index contributed by atoms with van der Waals surface area (Å²) < 4.78 is 0. The SMILES string of the molecule is CN(Cc1cnc(-c2ccc(N)cc2)cn1)C1CCN(C(=O)c2ccc(Cl)c(Cl)c2)CC1. The number of carbonyl (C=O) groups is 1. The summed E-state index contributed by atoms with van der Waals surface area (Å²) in [4.78, 5) is 26.1. The number of halogens is 2. The van der Waals surface area contributed by atoms with E-state index in [9.17, 15) is 4.79 Å². The molecule has 0 unspecified atom stereocenters. The van der Waals surface area contributed by atoms with E-state index >= 15 is 0 Å². The van der Waals surface area contributed by atoms with Gasteiger partial charge < -0.3 is 10.6 Å². The minimum absolute atomic E-state index is 0.00575. The topological polar surface area (TPSA) is 75.4 Å². The monoisotopic (exact) mass is 469 g/mol. The van der Waals surface area contributed by atoms with Crippen LogP contribution in [0.5, 0.6) is 0 Å². The molecule has 2 aromatic carbocycles. The molecule has 1 saturated heterocycles. The van der Waals surface area contributed by atoms with E-state index in [1.165, 1.54) is 0 Å². The van der Waals surface area contributed by atoms with Crippen molar-refractivity contribution in [3.63, 3.8) is 0 Å². The van der Waals surface area contributed by atoms with Crippen molar-refractivity contribution < 1.29 is 4.79 Å². The van der Waals surface area contributed by atoms with Gasteiger partial charge in [-0.15, -0.1) is 0 Å². The number of aromatic nitrogens is 2. The highest BCUT2D eigenvalue weighted by molar-refractivity contribution is 6.42. The molecule has 4 rings (SSSR count). The molecule has 3 aromatic rings. The number of amides is 1. The molecule has 1 fully saturated rings. The molecule has 1 amide bonds. The summed E-state index contributed by atoms with van der Waals surface area (Å²) in [5.41, 5.74) is 9.78. The fourth-order valence-electron chi connectivity index (χ4n) is 3.95. The highest BCUT2D eigenvalue weighted by atomic mass is 35.5. The second-order valence-corrected chi connectivity index (χ2v) is 8.90. The van der Waals surface area contributed by atoms with Gasteiger partial charge in [-0.3, -0.25) is 19.7 Å². The van der Waals surface area contributed by atoms with Crippen LogP contribution in [0, 0.1) is 0 Å². The molecule has 8 heteroatoms. The summed E-state index contributed by atoms with van der Waals surface area (Å²) >= 11 is 12.0. The molecule has 1 aliphatic heterocycles. The van der Waals surface area contributed by atoms with Crippen LogP contribution in [0.1, 0.15) is 28.9 Å². The molecule has 1 aliphatic rings. The Morgan fingerprint density at radius 3 is 2.41 bits per heavy atom. The maximum atomic E-state index is 12.8. The van der Waals surface area contributed by atoms with Crippen molar-refractivity contribution >= 4 is 34.8 Å². The largest absolute Gasteiger partial charge is 0.399 e. The summed E-state index contributed by atoms with van der Waals surface area (Å²) in [5.74, 6) is -0.00575. The minimum atomic E-state index is -0.00575. The van der Waals surface area contributed by atoms with E-state index in [2.05, 4.69) is 21.9 Å². The van der Waals surface area contributed by atoms with Gasteiger partial charge in [-0.25, -0.2) is 0 Å². The summed E-state index contributed by atoms with van der Waals surface area (Å²) in [6, 6.07) is 13.0. The van der Waals surface area contributed by atoms with Crippen molar-refractivity contribution in [1.29, 1.82) is 0 Å². The summed E-state index contributed by atoms with van der Waals surface area (Å²) in [6.07, 6.45) is 5.43. The molecule has 0 bridgehead atoms. The van der Waals surface area contributed by atoms with Crippen LogP contribution >= 0.6 is 23.2 Å². The zero-order valence-electron chi connectivity index (χ0n) is 17.8. The quantitative estimate of drug-likeness (QED) is 0.544. The number of carbonyl (C=O) groups excluding carboxylic acids is 1. The van der Waals surface area contributed by atoms with Crippen molar-refractivity contribution in [2.75, 3.05) is 25.9 Å². The zero-order valence-corrected chi connectivity index (χ0v) is 19.4. The molecular weight excluding hydrogens is 445 g/mol. The first kappa shape index (κ1) is 22.5. The van der Waals surface area contributed by atoms with Gasteiger partial charge in [0.15, 0.2) is 0 Å². The van der Waals surface area contributed by atoms with Gasteiger partial charge in [0.1, 0.15) is 0 Å². The predicted octanol–water partition coefficient (Wildman–Crippen LogP) is 4.77. The second-order valence-electron chi connectivity index (χ2n) is 8.08. The second kappa shape index (κ2) is 9.86. The van der Waals surface area contributed by atoms with Crippen molar-refractivity contribution in [2.24, 2.45) is 0 Å². The Balaban J connectivity index is 1.31. The molecular formula is C24H25Cl2N5O. The summed E-state index contributed by atoms with van der Waals surface area (Å²) in [5, 5.41) is 0.851. The molecule has 2 heterocycles. The Bertz CT molecular complexity index is 1080. The standard InChI is InChI=1S/C24H25Cl2N5O/c1-30(15-19-13-29-23(14-28-19)16-2-5-18(27)6-3-16)20-8-10-31(11-9-20)24(32)17-4-7-21(25)22(26)12-17/h2-7,12-14,20H,8-11,15,27H2,1H3. The van der Waals surface area contributed by atoms with Crippen LogP contribution < -0.4 is 5.73 Å². The number of benzene rings is 2. The zero-order chi connectivity index (χ0) is 22.7. The van der Waals surface area contributed by atoms with E-state index in [0.717, 1.165) is 35.5 Å². The molecule has 0 aliphatic carbocycles. The van der Waals surface area contributed by atoms with Crippen molar-refractivity contribution in [1.82, 2.24) is 19.8 Å². The van der Waals surface area contributed by atoms with Gasteiger partial charge in [0, 0.05) is 42.5 Å². The van der Waals surface area contributed by atoms with Gasteiger partial charge in [-0.2, -0.15) is 0 Å². The van der Waals surface area contributed by atoms with E-state index in [1.807, 2.05) is 35.4 Å². The molecule has 32 heavy (non-hydrogen) atoms. The van der Waals surface area contributed by atoms with Gasteiger partial charge in [0.25, 0.3) is 5.91 Å². The van der Waals surface area contributed by atoms with Gasteiger partial charge in [0.05, 0.1) is 33.8 Å². The smallest absolute Gasteiger partial charge is 0.253 e. The van der Waals surface area contributed by atoms with Gasteiger partial charge in [-0.05, 0) is 50.2 Å². The first-order valence-electron chi connectivity index (χ1n) is 10.5. The molecule has 0 radical (unpaired) electrons. The highest BCUT2D eigenvalue weighted by Crippen LogP contribution is 2.25.